The third-order valence-electron chi connectivity index (χ3n) is 27.2. The predicted octanol–water partition coefficient (Wildman–Crippen LogP) is 6.66. The Balaban J connectivity index is 0.000000112. The number of aliphatic hydroxyl groups is 12. The maximum atomic E-state index is 11.8. The maximum Gasteiger partial charge on any atom is 0.333 e. The number of hydrogen-bond donors (Lipinski definition) is 12. The Hall–Kier alpha value is -5.22. The van der Waals surface area contributed by atoms with Crippen LogP contribution in [0.4, 0.5) is 0 Å². The largest absolute Gasteiger partial charge is 0.456 e. The Morgan fingerprint density at radius 3 is 0.686 bits per heavy atom. The number of rotatable bonds is 12. The number of carbonyl (C=O) groups excluding carboxylic acids is 6. The van der Waals surface area contributed by atoms with Crippen molar-refractivity contribution in [2.24, 2.45) is 35.5 Å². The molecule has 24 rings (SSSR count). The summed E-state index contributed by atoms with van der Waals surface area (Å²) in [6, 6.07) is 0. The Bertz CT molecular complexity index is 3470. The second-order valence-corrected chi connectivity index (χ2v) is 39.2. The summed E-state index contributed by atoms with van der Waals surface area (Å²) < 4.78 is 33.1. The molecular weight excluding hydrogens is 1360 g/mol. The molecule has 0 spiro atoms. The highest BCUT2D eigenvalue weighted by Crippen LogP contribution is 2.67. The van der Waals surface area contributed by atoms with Crippen molar-refractivity contribution in [2.45, 2.75) is 353 Å². The zero-order chi connectivity index (χ0) is 76.5. The fraction of sp³-hybridized carbons (Fsp3) is 0.778. The summed E-state index contributed by atoms with van der Waals surface area (Å²) >= 11 is 0. The summed E-state index contributed by atoms with van der Waals surface area (Å²) in [6.45, 7) is 25.8. The first-order chi connectivity index (χ1) is 48.3. The maximum absolute atomic E-state index is 11.8. The molecule has 0 saturated heterocycles. The van der Waals surface area contributed by atoms with E-state index in [0.717, 1.165) is 102 Å². The molecule has 8 unspecified atom stereocenters. The van der Waals surface area contributed by atoms with Gasteiger partial charge >= 0.3 is 35.8 Å². The molecule has 12 N–H and O–H groups in total. The minimum Gasteiger partial charge on any atom is -0.456 e. The monoisotopic (exact) mass is 1470 g/mol. The van der Waals surface area contributed by atoms with Crippen LogP contribution in [0.25, 0.3) is 0 Å². The van der Waals surface area contributed by atoms with Crippen LogP contribution in [0.1, 0.15) is 252 Å². The van der Waals surface area contributed by atoms with Crippen LogP contribution >= 0.6 is 0 Å². The van der Waals surface area contributed by atoms with Gasteiger partial charge in [0.1, 0.15) is 33.6 Å². The highest BCUT2D eigenvalue weighted by Gasteiger charge is 2.72. The van der Waals surface area contributed by atoms with Gasteiger partial charge in [0.2, 0.25) is 0 Å². The first-order valence-corrected chi connectivity index (χ1v) is 38.2. The minimum atomic E-state index is -1.15. The molecule has 24 fully saturated rings. The van der Waals surface area contributed by atoms with Crippen molar-refractivity contribution >= 4 is 35.8 Å². The van der Waals surface area contributed by atoms with E-state index in [2.05, 4.69) is 39.5 Å². The third-order valence-corrected chi connectivity index (χ3v) is 27.2. The van der Waals surface area contributed by atoms with Gasteiger partial charge in [-0.3, -0.25) is 0 Å². The molecule has 24 aliphatic carbocycles. The van der Waals surface area contributed by atoms with Gasteiger partial charge in [-0.15, -0.1) is 0 Å². The molecule has 0 aromatic rings. The quantitative estimate of drug-likeness (QED) is 0.0552. The third kappa shape index (κ3) is 16.0. The number of ether oxygens (including phenoxy) is 6. The van der Waals surface area contributed by atoms with E-state index < -0.39 is 119 Å². The molecule has 24 heteroatoms. The van der Waals surface area contributed by atoms with Crippen LogP contribution in [0.2, 0.25) is 0 Å². The second kappa shape index (κ2) is 25.4. The Labute approximate surface area is 614 Å². The summed E-state index contributed by atoms with van der Waals surface area (Å²) in [5.74, 6) is 0.0778. The van der Waals surface area contributed by atoms with Crippen molar-refractivity contribution in [3.63, 3.8) is 0 Å². The van der Waals surface area contributed by atoms with Gasteiger partial charge in [0.05, 0.1) is 67.2 Å². The summed E-state index contributed by atoms with van der Waals surface area (Å²) in [5.41, 5.74) is -14.4. The molecule has 0 aliphatic heterocycles. The summed E-state index contributed by atoms with van der Waals surface area (Å²) in [5, 5.41) is 126. The van der Waals surface area contributed by atoms with Crippen LogP contribution in [0.5, 0.6) is 0 Å². The van der Waals surface area contributed by atoms with E-state index >= 15 is 0 Å². The fourth-order valence-corrected chi connectivity index (χ4v) is 27.8. The molecule has 0 radical (unpaired) electrons. The van der Waals surface area contributed by atoms with Gasteiger partial charge in [0.15, 0.2) is 0 Å². The van der Waals surface area contributed by atoms with Crippen LogP contribution in [0, 0.1) is 35.5 Å². The van der Waals surface area contributed by atoms with Gasteiger partial charge in [-0.05, 0) is 159 Å². The van der Waals surface area contributed by atoms with Crippen LogP contribution in [-0.2, 0) is 57.2 Å². The van der Waals surface area contributed by atoms with Crippen LogP contribution in [-0.4, -0.2) is 198 Å². The highest BCUT2D eigenvalue weighted by atomic mass is 16.6. The van der Waals surface area contributed by atoms with E-state index in [1.54, 1.807) is 20.8 Å². The number of carbonyl (C=O) groups is 6. The number of esters is 6. The van der Waals surface area contributed by atoms with Gasteiger partial charge in [0.25, 0.3) is 0 Å². The lowest BCUT2D eigenvalue weighted by Crippen LogP contribution is -2.72. The minimum absolute atomic E-state index is 0.245. The van der Waals surface area contributed by atoms with Crippen molar-refractivity contribution in [3.05, 3.63) is 74.4 Å². The SMILES string of the molecule is C=C(C)C(=O)OC12CC3(O)CC(O)(CC(O)(C3)C1)C2.C=C(C)C(=O)OC12CC3CC(CC(O)(C3)C1)C2.C=C(C)C(=O)OC12CC3CC(O)(CC(O)(C3)C1)C2.C=CC(=O)OC12CC3(O)CC(O)(CC(O)(C3)C1)C2.C=CC(=O)OC12CC3CC(CC(O)(C3)C1)C2.C=CC(=O)OC12CC3CC(O)(CC(O)(C3)C1)C2. The zero-order valence-electron chi connectivity index (χ0n) is 61.7. The molecule has 0 aromatic heterocycles. The molecule has 24 aliphatic rings. The van der Waals surface area contributed by atoms with Crippen molar-refractivity contribution in [2.75, 3.05) is 0 Å². The Morgan fingerprint density at radius 2 is 0.429 bits per heavy atom. The van der Waals surface area contributed by atoms with E-state index in [4.69, 9.17) is 28.4 Å². The smallest absolute Gasteiger partial charge is 0.333 e. The van der Waals surface area contributed by atoms with E-state index in [0.29, 0.717) is 86.2 Å². The Morgan fingerprint density at radius 1 is 0.248 bits per heavy atom. The standard InChI is InChI=1S/C14H20O5.C14H20O4.C14H20O3.C13H18O5.C13H18O4.C13H18O3/c1-9(2)10(15)19-14-6-11(16)3-12(17,7-14)5-13(18,4-11)8-14;1-9(2)11(15)18-14-5-10-3-12(16,7-14)6-13(17,4-10)8-14;1-9(2)12(15)17-14-6-10-3-11(7-14)5-13(16,4-10)8-14;1-2-9(14)18-13-6-10(15)3-11(16,7-13)5-12(17,4-10)8-13;1-2-10(14)17-13-5-9-3-11(15,7-13)6-12(16,4-9)8-13;1-2-11(14)16-13-6-9-3-10(7-13)5-12(15,4-9)8-13/h16-18H,1,3-8H2,2H3;10,16-17H,1,3-8H2,2H3;10-11,16H,1,3-8H2,2H3;2,15-17H,1,3-8H2;2,9,15-16H,1,3-8H2;2,9-10,15H,1,3-8H2. The molecule has 0 heterocycles. The van der Waals surface area contributed by atoms with Gasteiger partial charge in [-0.2, -0.15) is 0 Å². The molecule has 24 bridgehead atoms. The molecule has 105 heavy (non-hydrogen) atoms. The fourth-order valence-electron chi connectivity index (χ4n) is 27.8. The van der Waals surface area contributed by atoms with Crippen molar-refractivity contribution in [3.8, 4) is 0 Å². The average Bonchev–Trinajstić information content (AvgIpc) is 0.713. The van der Waals surface area contributed by atoms with Crippen LogP contribution < -0.4 is 0 Å². The van der Waals surface area contributed by atoms with Gasteiger partial charge in [-0.1, -0.05) is 39.5 Å². The number of hydrogen-bond acceptors (Lipinski definition) is 24. The van der Waals surface area contributed by atoms with E-state index in [1.807, 2.05) is 0 Å². The molecule has 8 atom stereocenters. The van der Waals surface area contributed by atoms with Crippen LogP contribution in [0.3, 0.4) is 0 Å². The average molecular weight is 1470 g/mol. The first kappa shape index (κ1) is 77.9. The lowest BCUT2D eigenvalue weighted by atomic mass is 9.48. The predicted molar refractivity (Wildman–Crippen MR) is 375 cm³/mol. The molecule has 0 aromatic carbocycles. The lowest BCUT2D eigenvalue weighted by molar-refractivity contribution is -0.301. The van der Waals surface area contributed by atoms with Crippen molar-refractivity contribution < 1.29 is 118 Å². The van der Waals surface area contributed by atoms with Gasteiger partial charge < -0.3 is 89.7 Å². The summed E-state index contributed by atoms with van der Waals surface area (Å²) in [6.07, 6.45) is 24.7. The van der Waals surface area contributed by atoms with E-state index in [-0.39, 0.29) is 112 Å². The van der Waals surface area contributed by atoms with Crippen molar-refractivity contribution in [1.82, 2.24) is 0 Å². The van der Waals surface area contributed by atoms with Gasteiger partial charge in [0, 0.05) is 163 Å². The van der Waals surface area contributed by atoms with E-state index in [1.165, 1.54) is 18.9 Å². The van der Waals surface area contributed by atoms with Gasteiger partial charge in [-0.25, -0.2) is 28.8 Å². The second-order valence-electron chi connectivity index (χ2n) is 39.2. The molecule has 582 valence electrons. The molecule has 24 nitrogen and oxygen atoms in total. The van der Waals surface area contributed by atoms with E-state index in [9.17, 15) is 90.0 Å². The normalized spacial score (nSPS) is 50.2. The topological polar surface area (TPSA) is 401 Å². The van der Waals surface area contributed by atoms with Crippen molar-refractivity contribution in [1.29, 1.82) is 0 Å². The highest BCUT2D eigenvalue weighted by molar-refractivity contribution is 5.88. The Kier molecular flexibility index (Phi) is 18.9. The molecule has 0 amide bonds. The summed E-state index contributed by atoms with van der Waals surface area (Å²) in [7, 11) is 0. The summed E-state index contributed by atoms with van der Waals surface area (Å²) in [4.78, 5) is 69.5. The zero-order valence-corrected chi connectivity index (χ0v) is 61.7. The first-order valence-electron chi connectivity index (χ1n) is 38.2. The van der Waals surface area contributed by atoms with Crippen LogP contribution in [0.15, 0.2) is 74.4 Å². The molecular formula is C81H114O24. The lowest BCUT2D eigenvalue weighted by Gasteiger charge is -2.65. The molecule has 24 saturated carbocycles.